The summed E-state index contributed by atoms with van der Waals surface area (Å²) in [5, 5.41) is 11.5. The van der Waals surface area contributed by atoms with Crippen molar-refractivity contribution in [2.75, 3.05) is 23.8 Å². The minimum absolute atomic E-state index is 0.578. The number of benzene rings is 2. The van der Waals surface area contributed by atoms with Crippen LogP contribution in [-0.4, -0.2) is 28.8 Å². The van der Waals surface area contributed by atoms with E-state index in [1.807, 2.05) is 48.3 Å². The minimum Gasteiger partial charge on any atom is -0.369 e. The average molecular weight is 319 g/mol. The molecule has 0 unspecified atom stereocenters. The third-order valence-electron chi connectivity index (χ3n) is 3.78. The van der Waals surface area contributed by atoms with Gasteiger partial charge in [0.25, 0.3) is 5.95 Å². The molecule has 3 rings (SSSR count). The summed E-state index contributed by atoms with van der Waals surface area (Å²) in [6.45, 7) is 0.849. The molecule has 0 atom stereocenters. The molecule has 0 spiro atoms. The second-order valence-corrected chi connectivity index (χ2v) is 5.55. The molecule has 24 heavy (non-hydrogen) atoms. The number of nitrogens with one attached hydrogen (secondary N) is 1. The van der Waals surface area contributed by atoms with E-state index in [2.05, 4.69) is 44.8 Å². The predicted molar refractivity (Wildman–Crippen MR) is 97.6 cm³/mol. The average Bonchev–Trinajstić information content (AvgIpc) is 2.66. The molecule has 1 heterocycles. The van der Waals surface area contributed by atoms with E-state index in [0.717, 1.165) is 30.9 Å². The summed E-state index contributed by atoms with van der Waals surface area (Å²) in [5.41, 5.74) is 2.38. The molecule has 0 radical (unpaired) electrons. The fourth-order valence-electron chi connectivity index (χ4n) is 2.44. The van der Waals surface area contributed by atoms with Crippen LogP contribution in [0.3, 0.4) is 0 Å². The number of hydrogen-bond acceptors (Lipinski definition) is 5. The van der Waals surface area contributed by atoms with Crippen molar-refractivity contribution >= 4 is 17.5 Å². The summed E-state index contributed by atoms with van der Waals surface area (Å²) < 4.78 is 0. The second-order valence-electron chi connectivity index (χ2n) is 5.55. The first-order valence-corrected chi connectivity index (χ1v) is 8.09. The molecule has 5 heteroatoms. The molecule has 2 aromatic carbocycles. The van der Waals surface area contributed by atoms with Crippen molar-refractivity contribution in [3.05, 3.63) is 72.4 Å². The predicted octanol–water partition coefficient (Wildman–Crippen LogP) is 3.68. The molecule has 0 aliphatic carbocycles. The van der Waals surface area contributed by atoms with E-state index in [1.54, 1.807) is 6.20 Å². The van der Waals surface area contributed by atoms with Crippen molar-refractivity contribution in [2.24, 2.45) is 0 Å². The molecule has 5 nitrogen and oxygen atoms in total. The van der Waals surface area contributed by atoms with Crippen LogP contribution in [-0.2, 0) is 6.42 Å². The van der Waals surface area contributed by atoms with Gasteiger partial charge in [-0.2, -0.15) is 10.1 Å². The second kappa shape index (κ2) is 8.06. The highest BCUT2D eigenvalue weighted by Crippen LogP contribution is 2.19. The van der Waals surface area contributed by atoms with Gasteiger partial charge in [0.05, 0.1) is 6.20 Å². The SMILES string of the molecule is CN(c1ccccc1)c1nncc(NCCCc2ccccc2)n1. The van der Waals surface area contributed by atoms with Crippen molar-refractivity contribution in [3.8, 4) is 0 Å². The maximum Gasteiger partial charge on any atom is 0.251 e. The lowest BCUT2D eigenvalue weighted by Crippen LogP contribution is -2.15. The fourth-order valence-corrected chi connectivity index (χ4v) is 2.44. The highest BCUT2D eigenvalue weighted by molar-refractivity contribution is 5.56. The lowest BCUT2D eigenvalue weighted by molar-refractivity contribution is 0.849. The Labute approximate surface area is 142 Å². The van der Waals surface area contributed by atoms with Gasteiger partial charge in [-0.25, -0.2) is 0 Å². The molecule has 0 saturated heterocycles. The molecular formula is C19H21N5. The Morgan fingerprint density at radius 2 is 1.67 bits per heavy atom. The van der Waals surface area contributed by atoms with E-state index in [-0.39, 0.29) is 0 Å². The maximum atomic E-state index is 4.53. The molecule has 0 aliphatic rings. The van der Waals surface area contributed by atoms with Gasteiger partial charge in [0.15, 0.2) is 5.82 Å². The Morgan fingerprint density at radius 3 is 2.42 bits per heavy atom. The van der Waals surface area contributed by atoms with Crippen LogP contribution in [0.2, 0.25) is 0 Å². The van der Waals surface area contributed by atoms with Crippen LogP contribution >= 0.6 is 0 Å². The molecule has 122 valence electrons. The molecular weight excluding hydrogens is 298 g/mol. The molecule has 0 fully saturated rings. The first-order valence-electron chi connectivity index (χ1n) is 8.09. The Morgan fingerprint density at radius 1 is 0.958 bits per heavy atom. The molecule has 3 aromatic rings. The van der Waals surface area contributed by atoms with E-state index < -0.39 is 0 Å². The summed E-state index contributed by atoms with van der Waals surface area (Å²) in [6.07, 6.45) is 3.74. The standard InChI is InChI=1S/C19H21N5/c1-24(17-12-6-3-7-13-17)19-22-18(15-21-23-19)20-14-8-11-16-9-4-2-5-10-16/h2-7,9-10,12-13,15H,8,11,14H2,1H3,(H,20,22,23). The first kappa shape index (κ1) is 15.9. The lowest BCUT2D eigenvalue weighted by Gasteiger charge is -2.17. The Hall–Kier alpha value is -2.95. The van der Waals surface area contributed by atoms with Crippen LogP contribution in [0.1, 0.15) is 12.0 Å². The van der Waals surface area contributed by atoms with E-state index in [9.17, 15) is 0 Å². The molecule has 0 amide bonds. The zero-order valence-electron chi connectivity index (χ0n) is 13.8. The third-order valence-corrected chi connectivity index (χ3v) is 3.78. The van der Waals surface area contributed by atoms with Crippen LogP contribution in [0.15, 0.2) is 66.9 Å². The number of para-hydroxylation sites is 1. The van der Waals surface area contributed by atoms with Crippen LogP contribution in [0, 0.1) is 0 Å². The normalized spacial score (nSPS) is 10.4. The van der Waals surface area contributed by atoms with Crippen molar-refractivity contribution in [2.45, 2.75) is 12.8 Å². The summed E-state index contributed by atoms with van der Waals surface area (Å²) in [7, 11) is 1.94. The molecule has 1 N–H and O–H groups in total. The van der Waals surface area contributed by atoms with E-state index in [4.69, 9.17) is 0 Å². The number of rotatable bonds is 7. The number of nitrogens with zero attached hydrogens (tertiary/aromatic N) is 4. The zero-order chi connectivity index (χ0) is 16.6. The quantitative estimate of drug-likeness (QED) is 0.673. The van der Waals surface area contributed by atoms with Gasteiger partial charge in [0.2, 0.25) is 0 Å². The van der Waals surface area contributed by atoms with Gasteiger partial charge >= 0.3 is 0 Å². The van der Waals surface area contributed by atoms with Crippen molar-refractivity contribution in [1.82, 2.24) is 15.2 Å². The maximum absolute atomic E-state index is 4.53. The highest BCUT2D eigenvalue weighted by atomic mass is 15.3. The van der Waals surface area contributed by atoms with Crippen LogP contribution in [0.5, 0.6) is 0 Å². The third kappa shape index (κ3) is 4.29. The van der Waals surface area contributed by atoms with Gasteiger partial charge in [-0.1, -0.05) is 48.5 Å². The van der Waals surface area contributed by atoms with E-state index in [0.29, 0.717) is 5.95 Å². The first-order chi connectivity index (χ1) is 11.8. The lowest BCUT2D eigenvalue weighted by atomic mass is 10.1. The van der Waals surface area contributed by atoms with Crippen LogP contribution < -0.4 is 10.2 Å². The molecule has 0 bridgehead atoms. The Kier molecular flexibility index (Phi) is 5.35. The minimum atomic E-state index is 0.578. The van der Waals surface area contributed by atoms with E-state index in [1.165, 1.54) is 5.56 Å². The number of aromatic nitrogens is 3. The summed E-state index contributed by atoms with van der Waals surface area (Å²) in [5.74, 6) is 1.32. The Bertz CT molecular complexity index is 746. The van der Waals surface area contributed by atoms with Crippen molar-refractivity contribution in [3.63, 3.8) is 0 Å². The number of hydrogen-bond donors (Lipinski definition) is 1. The van der Waals surface area contributed by atoms with Gasteiger partial charge in [0.1, 0.15) is 0 Å². The molecule has 0 aliphatic heterocycles. The summed E-state index contributed by atoms with van der Waals surface area (Å²) in [4.78, 5) is 6.45. The van der Waals surface area contributed by atoms with Gasteiger partial charge in [-0.05, 0) is 30.5 Å². The zero-order valence-corrected chi connectivity index (χ0v) is 13.8. The summed E-state index contributed by atoms with van der Waals surface area (Å²) in [6, 6.07) is 20.5. The van der Waals surface area contributed by atoms with Crippen LogP contribution in [0.25, 0.3) is 0 Å². The topological polar surface area (TPSA) is 53.9 Å². The Balaban J connectivity index is 1.55. The monoisotopic (exact) mass is 319 g/mol. The van der Waals surface area contributed by atoms with Crippen molar-refractivity contribution < 1.29 is 0 Å². The molecule has 0 saturated carbocycles. The van der Waals surface area contributed by atoms with Gasteiger partial charge < -0.3 is 10.2 Å². The fraction of sp³-hybridized carbons (Fsp3) is 0.211. The van der Waals surface area contributed by atoms with Gasteiger partial charge in [-0.3, -0.25) is 0 Å². The van der Waals surface area contributed by atoms with E-state index >= 15 is 0 Å². The largest absolute Gasteiger partial charge is 0.369 e. The summed E-state index contributed by atoms with van der Waals surface area (Å²) >= 11 is 0. The molecule has 1 aromatic heterocycles. The smallest absolute Gasteiger partial charge is 0.251 e. The van der Waals surface area contributed by atoms with Gasteiger partial charge in [0, 0.05) is 19.3 Å². The van der Waals surface area contributed by atoms with Crippen molar-refractivity contribution in [1.29, 1.82) is 0 Å². The van der Waals surface area contributed by atoms with Gasteiger partial charge in [-0.15, -0.1) is 5.10 Å². The number of aryl methyl sites for hydroxylation is 1. The van der Waals surface area contributed by atoms with Crippen LogP contribution in [0.4, 0.5) is 17.5 Å². The number of anilines is 3. The highest BCUT2D eigenvalue weighted by Gasteiger charge is 2.08.